The first-order chi connectivity index (χ1) is 10.1. The van der Waals surface area contributed by atoms with E-state index in [-0.39, 0.29) is 16.2 Å². The van der Waals surface area contributed by atoms with Gasteiger partial charge in [-0.1, -0.05) is 35.3 Å². The van der Waals surface area contributed by atoms with E-state index in [1.54, 1.807) is 18.2 Å². The summed E-state index contributed by atoms with van der Waals surface area (Å²) in [5.74, 6) is -0.386. The lowest BCUT2D eigenvalue weighted by Gasteiger charge is -2.12. The van der Waals surface area contributed by atoms with Crippen LogP contribution in [-0.2, 0) is 0 Å². The van der Waals surface area contributed by atoms with Crippen molar-refractivity contribution < 1.29 is 4.79 Å². The second kappa shape index (κ2) is 7.21. The number of aromatic nitrogens is 1. The van der Waals surface area contributed by atoms with Gasteiger partial charge in [0.15, 0.2) is 5.11 Å². The van der Waals surface area contributed by atoms with Crippen LogP contribution in [0.5, 0.6) is 0 Å². The fraction of sp³-hybridized carbons (Fsp3) is 0. The molecule has 1 amide bonds. The van der Waals surface area contributed by atoms with Gasteiger partial charge >= 0.3 is 0 Å². The number of halogens is 2. The minimum Gasteiger partial charge on any atom is -0.330 e. The number of anilines is 1. The van der Waals surface area contributed by atoms with Crippen molar-refractivity contribution >= 4 is 52.1 Å². The Hall–Kier alpha value is -1.89. The number of amides is 1. The number of carbonyl (C=O) groups is 1. The van der Waals surface area contributed by atoms with Crippen molar-refractivity contribution in [1.29, 1.82) is 0 Å². The van der Waals surface area contributed by atoms with Crippen LogP contribution in [0.1, 0.15) is 10.4 Å². The lowest BCUT2D eigenvalue weighted by molar-refractivity contribution is 0.0944. The van der Waals surface area contributed by atoms with E-state index in [9.17, 15) is 4.79 Å². The fourth-order valence-electron chi connectivity index (χ4n) is 1.45. The van der Waals surface area contributed by atoms with E-state index >= 15 is 0 Å². The van der Waals surface area contributed by atoms with Gasteiger partial charge in [-0.15, -0.1) is 0 Å². The van der Waals surface area contributed by atoms with Crippen LogP contribution in [0.4, 0.5) is 5.69 Å². The SMILES string of the molecule is O=C(NNC(=S)Nc1ccccc1Cl)c1ccnc(Cl)c1. The van der Waals surface area contributed by atoms with Crippen molar-refractivity contribution in [1.82, 2.24) is 15.8 Å². The fourth-order valence-corrected chi connectivity index (χ4v) is 1.96. The Bertz CT molecular complexity index is 681. The molecule has 5 nitrogen and oxygen atoms in total. The summed E-state index contributed by atoms with van der Waals surface area (Å²) in [5, 5.41) is 3.83. The molecular weight excluding hydrogens is 331 g/mol. The highest BCUT2D eigenvalue weighted by molar-refractivity contribution is 7.80. The Morgan fingerprint density at radius 2 is 1.90 bits per heavy atom. The van der Waals surface area contributed by atoms with Crippen LogP contribution in [0.15, 0.2) is 42.6 Å². The smallest absolute Gasteiger partial charge is 0.269 e. The zero-order valence-corrected chi connectivity index (χ0v) is 12.9. The van der Waals surface area contributed by atoms with Crippen molar-refractivity contribution in [3.8, 4) is 0 Å². The van der Waals surface area contributed by atoms with Crippen LogP contribution < -0.4 is 16.2 Å². The summed E-state index contributed by atoms with van der Waals surface area (Å²) in [6.45, 7) is 0. The van der Waals surface area contributed by atoms with Gasteiger partial charge < -0.3 is 5.32 Å². The van der Waals surface area contributed by atoms with Gasteiger partial charge in [0.1, 0.15) is 5.15 Å². The molecule has 2 aromatic rings. The lowest BCUT2D eigenvalue weighted by Crippen LogP contribution is -2.43. The second-order valence-electron chi connectivity index (χ2n) is 3.88. The monoisotopic (exact) mass is 340 g/mol. The predicted octanol–water partition coefficient (Wildman–Crippen LogP) is 3.02. The largest absolute Gasteiger partial charge is 0.330 e. The highest BCUT2D eigenvalue weighted by Crippen LogP contribution is 2.19. The van der Waals surface area contributed by atoms with Gasteiger partial charge in [0, 0.05) is 11.8 Å². The van der Waals surface area contributed by atoms with Crippen molar-refractivity contribution in [2.75, 3.05) is 5.32 Å². The number of hydrogen-bond acceptors (Lipinski definition) is 3. The summed E-state index contributed by atoms with van der Waals surface area (Å²) in [4.78, 5) is 15.6. The van der Waals surface area contributed by atoms with E-state index in [4.69, 9.17) is 35.4 Å². The number of hydrazine groups is 1. The van der Waals surface area contributed by atoms with Crippen LogP contribution in [0.2, 0.25) is 10.2 Å². The molecule has 3 N–H and O–H groups in total. The molecular formula is C13H10Cl2N4OS. The van der Waals surface area contributed by atoms with E-state index in [0.29, 0.717) is 16.3 Å². The molecule has 0 spiro atoms. The first-order valence-corrected chi connectivity index (χ1v) is 6.96. The van der Waals surface area contributed by atoms with Gasteiger partial charge in [-0.05, 0) is 36.5 Å². The molecule has 0 fully saturated rings. The number of rotatable bonds is 2. The Labute approximate surface area is 136 Å². The molecule has 0 radical (unpaired) electrons. The number of pyridine rings is 1. The van der Waals surface area contributed by atoms with Crippen LogP contribution >= 0.6 is 35.4 Å². The standard InChI is InChI=1S/C13H10Cl2N4OS/c14-9-3-1-2-4-10(9)17-13(21)19-18-12(20)8-5-6-16-11(15)7-8/h1-7H,(H,18,20)(H2,17,19,21). The molecule has 0 saturated heterocycles. The molecule has 1 aromatic heterocycles. The topological polar surface area (TPSA) is 66.1 Å². The maximum atomic E-state index is 11.8. The molecule has 108 valence electrons. The van der Waals surface area contributed by atoms with E-state index in [1.807, 2.05) is 6.07 Å². The number of nitrogens with one attached hydrogen (secondary N) is 3. The molecule has 0 unspecified atom stereocenters. The predicted molar refractivity (Wildman–Crippen MR) is 87.5 cm³/mol. The quantitative estimate of drug-likeness (QED) is 0.445. The molecule has 0 aliphatic rings. The Balaban J connectivity index is 1.90. The highest BCUT2D eigenvalue weighted by Gasteiger charge is 2.07. The van der Waals surface area contributed by atoms with Gasteiger partial charge in [0.05, 0.1) is 10.7 Å². The number of thiocarbonyl (C=S) groups is 1. The Morgan fingerprint density at radius 1 is 1.14 bits per heavy atom. The summed E-state index contributed by atoms with van der Waals surface area (Å²) < 4.78 is 0. The van der Waals surface area contributed by atoms with E-state index in [1.165, 1.54) is 18.3 Å². The van der Waals surface area contributed by atoms with Crippen molar-refractivity contribution in [2.24, 2.45) is 0 Å². The van der Waals surface area contributed by atoms with Crippen LogP contribution in [0.25, 0.3) is 0 Å². The molecule has 21 heavy (non-hydrogen) atoms. The summed E-state index contributed by atoms with van der Waals surface area (Å²) in [6.07, 6.45) is 1.44. The van der Waals surface area contributed by atoms with Gasteiger partial charge in [-0.2, -0.15) is 0 Å². The number of benzene rings is 1. The minimum absolute atomic E-state index is 0.205. The minimum atomic E-state index is -0.386. The summed E-state index contributed by atoms with van der Waals surface area (Å²) in [5.41, 5.74) is 6.02. The van der Waals surface area contributed by atoms with Crippen molar-refractivity contribution in [2.45, 2.75) is 0 Å². The lowest BCUT2D eigenvalue weighted by atomic mass is 10.2. The van der Waals surface area contributed by atoms with Crippen molar-refractivity contribution in [3.63, 3.8) is 0 Å². The molecule has 0 aliphatic heterocycles. The normalized spacial score (nSPS) is 9.81. The van der Waals surface area contributed by atoms with Crippen LogP contribution in [-0.4, -0.2) is 16.0 Å². The van der Waals surface area contributed by atoms with Gasteiger partial charge in [0.2, 0.25) is 0 Å². The number of hydrogen-bond donors (Lipinski definition) is 3. The summed E-state index contributed by atoms with van der Waals surface area (Å²) in [6, 6.07) is 10.1. The Morgan fingerprint density at radius 3 is 2.62 bits per heavy atom. The molecule has 0 saturated carbocycles. The average Bonchev–Trinajstić information content (AvgIpc) is 2.47. The molecule has 8 heteroatoms. The summed E-state index contributed by atoms with van der Waals surface area (Å²) >= 11 is 16.8. The van der Waals surface area contributed by atoms with Crippen molar-refractivity contribution in [3.05, 3.63) is 58.3 Å². The molecule has 0 aliphatic carbocycles. The van der Waals surface area contributed by atoms with E-state index < -0.39 is 0 Å². The zero-order valence-electron chi connectivity index (χ0n) is 10.6. The number of carbonyl (C=O) groups excluding carboxylic acids is 1. The van der Waals surface area contributed by atoms with Gasteiger partial charge in [-0.25, -0.2) is 4.98 Å². The molecule has 1 aromatic carbocycles. The first-order valence-electron chi connectivity index (χ1n) is 5.79. The van der Waals surface area contributed by atoms with Gasteiger partial charge in [0.25, 0.3) is 5.91 Å². The maximum absolute atomic E-state index is 11.8. The second-order valence-corrected chi connectivity index (χ2v) is 5.08. The third-order valence-electron chi connectivity index (χ3n) is 2.40. The molecule has 0 bridgehead atoms. The van der Waals surface area contributed by atoms with Crippen LogP contribution in [0.3, 0.4) is 0 Å². The van der Waals surface area contributed by atoms with E-state index in [0.717, 1.165) is 0 Å². The molecule has 0 atom stereocenters. The molecule has 2 rings (SSSR count). The third-order valence-corrected chi connectivity index (χ3v) is 3.14. The number of nitrogens with zero attached hydrogens (tertiary/aromatic N) is 1. The van der Waals surface area contributed by atoms with E-state index in [2.05, 4.69) is 21.2 Å². The molecule has 1 heterocycles. The number of para-hydroxylation sites is 1. The summed E-state index contributed by atoms with van der Waals surface area (Å²) in [7, 11) is 0. The highest BCUT2D eigenvalue weighted by atomic mass is 35.5. The maximum Gasteiger partial charge on any atom is 0.269 e. The zero-order chi connectivity index (χ0) is 15.2. The average molecular weight is 341 g/mol. The Kier molecular flexibility index (Phi) is 5.32. The third kappa shape index (κ3) is 4.56. The van der Waals surface area contributed by atoms with Crippen LogP contribution in [0, 0.1) is 0 Å². The van der Waals surface area contributed by atoms with Gasteiger partial charge in [-0.3, -0.25) is 15.6 Å². The first kappa shape index (κ1) is 15.5.